The Hall–Kier alpha value is -0.410. The molecule has 88 valence electrons. The Balaban J connectivity index is 2.39. The normalized spacial score (nSPS) is 17.0. The molecular weight excluding hydrogens is 291 g/mol. The van der Waals surface area contributed by atoms with E-state index in [2.05, 4.69) is 15.9 Å². The SMILES string of the molecule is COc1cc(C(Cl)C2CC2)c(OC)cc1Br. The molecule has 0 bridgehead atoms. The number of methoxy groups -OCH3 is 2. The molecule has 16 heavy (non-hydrogen) atoms. The van der Waals surface area contributed by atoms with Crippen molar-refractivity contribution in [2.24, 2.45) is 5.92 Å². The molecule has 1 fully saturated rings. The highest BCUT2D eigenvalue weighted by atomic mass is 79.9. The van der Waals surface area contributed by atoms with Gasteiger partial charge < -0.3 is 9.47 Å². The van der Waals surface area contributed by atoms with E-state index >= 15 is 0 Å². The molecule has 1 saturated carbocycles. The zero-order chi connectivity index (χ0) is 11.7. The minimum Gasteiger partial charge on any atom is -0.496 e. The van der Waals surface area contributed by atoms with Crippen LogP contribution in [0.4, 0.5) is 0 Å². The van der Waals surface area contributed by atoms with E-state index in [0.717, 1.165) is 21.5 Å². The number of ether oxygens (including phenoxy) is 2. The first-order valence-corrected chi connectivity index (χ1v) is 6.45. The standard InChI is InChI=1S/C12H14BrClO2/c1-15-10-6-9(13)11(16-2)5-8(10)12(14)7-3-4-7/h5-7,12H,3-4H2,1-2H3. The molecule has 1 aromatic carbocycles. The van der Waals surface area contributed by atoms with Gasteiger partial charge in [0, 0.05) is 5.56 Å². The number of halogens is 2. The van der Waals surface area contributed by atoms with Gasteiger partial charge in [0.05, 0.1) is 24.1 Å². The van der Waals surface area contributed by atoms with Gasteiger partial charge in [-0.3, -0.25) is 0 Å². The van der Waals surface area contributed by atoms with Crippen LogP contribution in [0.25, 0.3) is 0 Å². The molecule has 4 heteroatoms. The smallest absolute Gasteiger partial charge is 0.133 e. The van der Waals surface area contributed by atoms with Crippen LogP contribution in [0.5, 0.6) is 11.5 Å². The number of hydrogen-bond acceptors (Lipinski definition) is 2. The van der Waals surface area contributed by atoms with Gasteiger partial charge in [-0.15, -0.1) is 11.6 Å². The average Bonchev–Trinajstić information content (AvgIpc) is 3.11. The van der Waals surface area contributed by atoms with Crippen molar-refractivity contribution in [3.63, 3.8) is 0 Å². The van der Waals surface area contributed by atoms with Crippen molar-refractivity contribution in [3.05, 3.63) is 22.2 Å². The molecule has 1 aliphatic rings. The fraction of sp³-hybridized carbons (Fsp3) is 0.500. The third-order valence-corrected chi connectivity index (χ3v) is 4.05. The van der Waals surface area contributed by atoms with E-state index in [4.69, 9.17) is 21.1 Å². The van der Waals surface area contributed by atoms with Crippen LogP contribution in [-0.2, 0) is 0 Å². The van der Waals surface area contributed by atoms with Crippen molar-refractivity contribution in [1.29, 1.82) is 0 Å². The van der Waals surface area contributed by atoms with Gasteiger partial charge in [-0.2, -0.15) is 0 Å². The molecule has 0 aromatic heterocycles. The fourth-order valence-electron chi connectivity index (χ4n) is 1.74. The van der Waals surface area contributed by atoms with Gasteiger partial charge in [-0.1, -0.05) is 0 Å². The van der Waals surface area contributed by atoms with Gasteiger partial charge in [0.15, 0.2) is 0 Å². The highest BCUT2D eigenvalue weighted by molar-refractivity contribution is 9.10. The molecule has 2 rings (SSSR count). The van der Waals surface area contributed by atoms with Crippen LogP contribution in [0.2, 0.25) is 0 Å². The predicted molar refractivity (Wildman–Crippen MR) is 68.6 cm³/mol. The van der Waals surface area contributed by atoms with E-state index in [-0.39, 0.29) is 5.38 Å². The molecule has 1 atom stereocenters. The zero-order valence-corrected chi connectivity index (χ0v) is 11.6. The lowest BCUT2D eigenvalue weighted by atomic mass is 10.1. The summed E-state index contributed by atoms with van der Waals surface area (Å²) in [7, 11) is 3.31. The van der Waals surface area contributed by atoms with Crippen LogP contribution in [0.15, 0.2) is 16.6 Å². The maximum Gasteiger partial charge on any atom is 0.133 e. The maximum absolute atomic E-state index is 6.42. The highest BCUT2D eigenvalue weighted by Crippen LogP contribution is 2.49. The van der Waals surface area contributed by atoms with E-state index in [1.807, 2.05) is 12.1 Å². The minimum absolute atomic E-state index is 0.0250. The van der Waals surface area contributed by atoms with E-state index < -0.39 is 0 Å². The molecule has 1 aliphatic carbocycles. The van der Waals surface area contributed by atoms with Crippen molar-refractivity contribution in [2.45, 2.75) is 18.2 Å². The van der Waals surface area contributed by atoms with Crippen LogP contribution in [0, 0.1) is 5.92 Å². The van der Waals surface area contributed by atoms with Gasteiger partial charge in [0.2, 0.25) is 0 Å². The van der Waals surface area contributed by atoms with Crippen LogP contribution < -0.4 is 9.47 Å². The molecule has 0 N–H and O–H groups in total. The number of hydrogen-bond donors (Lipinski definition) is 0. The van der Waals surface area contributed by atoms with Gasteiger partial charge in [0.1, 0.15) is 11.5 Å². The lowest BCUT2D eigenvalue weighted by Gasteiger charge is -2.15. The minimum atomic E-state index is 0.0250. The number of alkyl halides is 1. The van der Waals surface area contributed by atoms with E-state index in [9.17, 15) is 0 Å². The number of benzene rings is 1. The second-order valence-corrected chi connectivity index (χ2v) is 5.29. The summed E-state index contributed by atoms with van der Waals surface area (Å²) in [6.07, 6.45) is 2.41. The Kier molecular flexibility index (Phi) is 3.65. The Labute approximate surface area is 109 Å². The van der Waals surface area contributed by atoms with Gasteiger partial charge in [-0.05, 0) is 46.8 Å². The third kappa shape index (κ3) is 2.30. The molecule has 2 nitrogen and oxygen atoms in total. The third-order valence-electron chi connectivity index (χ3n) is 2.84. The highest BCUT2D eigenvalue weighted by Gasteiger charge is 2.33. The fourth-order valence-corrected chi connectivity index (χ4v) is 2.65. The summed E-state index contributed by atoms with van der Waals surface area (Å²) < 4.78 is 11.5. The second kappa shape index (κ2) is 4.84. The molecule has 0 aliphatic heterocycles. The van der Waals surface area contributed by atoms with Gasteiger partial charge >= 0.3 is 0 Å². The first-order valence-electron chi connectivity index (χ1n) is 5.23. The molecule has 0 radical (unpaired) electrons. The van der Waals surface area contributed by atoms with Crippen LogP contribution in [-0.4, -0.2) is 14.2 Å². The summed E-state index contributed by atoms with van der Waals surface area (Å²) >= 11 is 9.85. The van der Waals surface area contributed by atoms with E-state index in [1.54, 1.807) is 14.2 Å². The van der Waals surface area contributed by atoms with Crippen molar-refractivity contribution in [3.8, 4) is 11.5 Å². The quantitative estimate of drug-likeness (QED) is 0.778. The Morgan fingerprint density at radius 3 is 2.38 bits per heavy atom. The number of rotatable bonds is 4. The first-order chi connectivity index (χ1) is 7.67. The lowest BCUT2D eigenvalue weighted by molar-refractivity contribution is 0.395. The monoisotopic (exact) mass is 304 g/mol. The summed E-state index contributed by atoms with van der Waals surface area (Å²) in [6, 6.07) is 3.87. The van der Waals surface area contributed by atoms with Crippen molar-refractivity contribution >= 4 is 27.5 Å². The predicted octanol–water partition coefficient (Wildman–Crippen LogP) is 4.16. The largest absolute Gasteiger partial charge is 0.496 e. The van der Waals surface area contributed by atoms with Crippen molar-refractivity contribution in [2.75, 3.05) is 14.2 Å². The molecule has 0 amide bonds. The molecule has 0 spiro atoms. The van der Waals surface area contributed by atoms with E-state index in [0.29, 0.717) is 5.92 Å². The van der Waals surface area contributed by atoms with Crippen LogP contribution in [0.3, 0.4) is 0 Å². The Morgan fingerprint density at radius 1 is 1.25 bits per heavy atom. The summed E-state index contributed by atoms with van der Waals surface area (Å²) in [5.74, 6) is 2.20. The Morgan fingerprint density at radius 2 is 1.88 bits per heavy atom. The van der Waals surface area contributed by atoms with E-state index in [1.165, 1.54) is 12.8 Å². The van der Waals surface area contributed by atoms with Gasteiger partial charge in [-0.25, -0.2) is 0 Å². The average molecular weight is 306 g/mol. The van der Waals surface area contributed by atoms with Crippen LogP contribution >= 0.6 is 27.5 Å². The summed E-state index contributed by atoms with van der Waals surface area (Å²) in [4.78, 5) is 0. The molecule has 0 heterocycles. The topological polar surface area (TPSA) is 18.5 Å². The van der Waals surface area contributed by atoms with Crippen molar-refractivity contribution in [1.82, 2.24) is 0 Å². The van der Waals surface area contributed by atoms with Gasteiger partial charge in [0.25, 0.3) is 0 Å². The first kappa shape index (κ1) is 12.1. The molecule has 1 unspecified atom stereocenters. The Bertz CT molecular complexity index is 391. The molecule has 1 aromatic rings. The second-order valence-electron chi connectivity index (χ2n) is 3.97. The molecular formula is C12H14BrClO2. The zero-order valence-electron chi connectivity index (χ0n) is 9.30. The lowest BCUT2D eigenvalue weighted by Crippen LogP contribution is -1.99. The molecule has 0 saturated heterocycles. The van der Waals surface area contributed by atoms with Crippen LogP contribution in [0.1, 0.15) is 23.8 Å². The maximum atomic E-state index is 6.42. The summed E-state index contributed by atoms with van der Waals surface area (Å²) in [5.41, 5.74) is 1.02. The summed E-state index contributed by atoms with van der Waals surface area (Å²) in [5, 5.41) is 0.0250. The van der Waals surface area contributed by atoms with Crippen molar-refractivity contribution < 1.29 is 9.47 Å². The summed E-state index contributed by atoms with van der Waals surface area (Å²) in [6.45, 7) is 0.